The number of nitrogens with one attached hydrogen (secondary N) is 1. The van der Waals surface area contributed by atoms with E-state index < -0.39 is 0 Å². The van der Waals surface area contributed by atoms with Gasteiger partial charge in [-0.25, -0.2) is 0 Å². The van der Waals surface area contributed by atoms with Crippen LogP contribution in [0.2, 0.25) is 4.34 Å². The largest absolute Gasteiger partial charge is 0.310 e. The number of hydrogen-bond acceptors (Lipinski definition) is 3. The minimum absolute atomic E-state index is 0.545. The van der Waals surface area contributed by atoms with Crippen LogP contribution in [0, 0.1) is 0 Å². The predicted octanol–water partition coefficient (Wildman–Crippen LogP) is 3.20. The summed E-state index contributed by atoms with van der Waals surface area (Å²) in [6.07, 6.45) is 0. The van der Waals surface area contributed by atoms with Crippen molar-refractivity contribution >= 4 is 38.9 Å². The summed E-state index contributed by atoms with van der Waals surface area (Å²) in [5.41, 5.74) is 0. The lowest BCUT2D eigenvalue weighted by Crippen LogP contribution is -2.34. The molecule has 0 aliphatic rings. The first-order valence-corrected chi connectivity index (χ1v) is 6.80. The molecule has 86 valence electrons. The first kappa shape index (κ1) is 13.5. The minimum Gasteiger partial charge on any atom is -0.310 e. The molecule has 1 atom stereocenters. The van der Waals surface area contributed by atoms with E-state index in [1.165, 1.54) is 4.88 Å². The molecular weight excluding hydrogens is 296 g/mol. The zero-order valence-corrected chi connectivity index (χ0v) is 12.3. The average Bonchev–Trinajstić information content (AvgIpc) is 2.46. The van der Waals surface area contributed by atoms with E-state index in [0.29, 0.717) is 6.04 Å². The highest BCUT2D eigenvalue weighted by molar-refractivity contribution is 9.10. The Hall–Kier alpha value is 0.390. The van der Waals surface area contributed by atoms with Gasteiger partial charge < -0.3 is 10.2 Å². The Morgan fingerprint density at radius 2 is 2.27 bits per heavy atom. The van der Waals surface area contributed by atoms with E-state index in [1.54, 1.807) is 11.3 Å². The number of halogens is 2. The van der Waals surface area contributed by atoms with Crippen molar-refractivity contribution in [2.45, 2.75) is 19.5 Å². The Kier molecular flexibility index (Phi) is 5.57. The third kappa shape index (κ3) is 4.41. The molecule has 15 heavy (non-hydrogen) atoms. The highest BCUT2D eigenvalue weighted by Gasteiger charge is 2.06. The van der Waals surface area contributed by atoms with Crippen molar-refractivity contribution in [3.8, 4) is 0 Å². The maximum Gasteiger partial charge on any atom is 0.107 e. The topological polar surface area (TPSA) is 15.3 Å². The molecular formula is C10H16BrClN2S. The molecule has 0 amide bonds. The van der Waals surface area contributed by atoms with Crippen LogP contribution in [0.25, 0.3) is 0 Å². The molecule has 1 rings (SSSR count). The van der Waals surface area contributed by atoms with Crippen molar-refractivity contribution in [2.75, 3.05) is 20.6 Å². The van der Waals surface area contributed by atoms with Crippen LogP contribution in [-0.4, -0.2) is 31.6 Å². The monoisotopic (exact) mass is 310 g/mol. The Morgan fingerprint density at radius 1 is 1.60 bits per heavy atom. The third-order valence-electron chi connectivity index (χ3n) is 2.32. The van der Waals surface area contributed by atoms with E-state index in [-0.39, 0.29) is 0 Å². The van der Waals surface area contributed by atoms with Crippen LogP contribution in [0.5, 0.6) is 0 Å². The van der Waals surface area contributed by atoms with Crippen LogP contribution in [0.15, 0.2) is 10.5 Å². The molecule has 0 aliphatic heterocycles. The molecule has 1 unspecified atom stereocenters. The molecule has 0 fully saturated rings. The molecule has 0 aliphatic carbocycles. The van der Waals surface area contributed by atoms with E-state index in [2.05, 4.69) is 53.2 Å². The summed E-state index contributed by atoms with van der Waals surface area (Å²) in [5.74, 6) is 0. The first-order valence-electron chi connectivity index (χ1n) is 4.81. The van der Waals surface area contributed by atoms with Gasteiger partial charge in [0.1, 0.15) is 4.34 Å². The Morgan fingerprint density at radius 3 is 2.73 bits per heavy atom. The molecule has 1 heterocycles. The standard InChI is InChI=1S/C10H16BrClN2S/c1-7(14(2)3)5-13-6-8-4-9(11)10(12)15-8/h4,7,13H,5-6H2,1-3H3. The summed E-state index contributed by atoms with van der Waals surface area (Å²) in [7, 11) is 4.18. The van der Waals surface area contributed by atoms with Crippen LogP contribution in [0.1, 0.15) is 11.8 Å². The summed E-state index contributed by atoms with van der Waals surface area (Å²) in [6.45, 7) is 4.07. The van der Waals surface area contributed by atoms with Crippen molar-refractivity contribution in [1.82, 2.24) is 10.2 Å². The molecule has 1 aromatic heterocycles. The third-order valence-corrected chi connectivity index (χ3v) is 4.79. The van der Waals surface area contributed by atoms with Gasteiger partial charge in [0.05, 0.1) is 0 Å². The number of likely N-dealkylation sites (N-methyl/N-ethyl adjacent to an activating group) is 1. The van der Waals surface area contributed by atoms with Crippen molar-refractivity contribution in [3.63, 3.8) is 0 Å². The summed E-state index contributed by atoms with van der Waals surface area (Å²) in [4.78, 5) is 3.46. The fraction of sp³-hybridized carbons (Fsp3) is 0.600. The summed E-state index contributed by atoms with van der Waals surface area (Å²) in [5, 5.41) is 3.41. The summed E-state index contributed by atoms with van der Waals surface area (Å²) in [6, 6.07) is 2.62. The number of nitrogens with zero attached hydrogens (tertiary/aromatic N) is 1. The van der Waals surface area contributed by atoms with E-state index in [9.17, 15) is 0 Å². The normalized spacial score (nSPS) is 13.5. The zero-order chi connectivity index (χ0) is 11.4. The zero-order valence-electron chi connectivity index (χ0n) is 9.18. The summed E-state index contributed by atoms with van der Waals surface area (Å²) < 4.78 is 1.82. The maximum absolute atomic E-state index is 5.96. The van der Waals surface area contributed by atoms with Crippen molar-refractivity contribution < 1.29 is 0 Å². The fourth-order valence-electron chi connectivity index (χ4n) is 1.07. The number of thiophene rings is 1. The minimum atomic E-state index is 0.545. The highest BCUT2D eigenvalue weighted by Crippen LogP contribution is 2.31. The van der Waals surface area contributed by atoms with Gasteiger partial charge in [-0.3, -0.25) is 0 Å². The van der Waals surface area contributed by atoms with Crippen LogP contribution in [-0.2, 0) is 6.54 Å². The lowest BCUT2D eigenvalue weighted by Gasteiger charge is -2.19. The van der Waals surface area contributed by atoms with Gasteiger partial charge in [-0.2, -0.15) is 0 Å². The second-order valence-corrected chi connectivity index (χ2v) is 6.37. The highest BCUT2D eigenvalue weighted by atomic mass is 79.9. The van der Waals surface area contributed by atoms with E-state index in [4.69, 9.17) is 11.6 Å². The fourth-order valence-corrected chi connectivity index (χ4v) is 2.83. The van der Waals surface area contributed by atoms with Gasteiger partial charge in [-0.15, -0.1) is 11.3 Å². The smallest absolute Gasteiger partial charge is 0.107 e. The molecule has 1 N–H and O–H groups in total. The van der Waals surface area contributed by atoms with Gasteiger partial charge in [-0.05, 0) is 43.0 Å². The van der Waals surface area contributed by atoms with E-state index >= 15 is 0 Å². The molecule has 0 saturated carbocycles. The molecule has 0 spiro atoms. The lowest BCUT2D eigenvalue weighted by molar-refractivity contribution is 0.303. The van der Waals surface area contributed by atoms with Crippen LogP contribution in [0.4, 0.5) is 0 Å². The van der Waals surface area contributed by atoms with E-state index in [1.807, 2.05) is 0 Å². The van der Waals surface area contributed by atoms with Crippen molar-refractivity contribution in [2.24, 2.45) is 0 Å². The quantitative estimate of drug-likeness (QED) is 0.898. The second-order valence-electron chi connectivity index (χ2n) is 3.78. The second kappa shape index (κ2) is 6.21. The lowest BCUT2D eigenvalue weighted by atomic mass is 10.3. The number of rotatable bonds is 5. The van der Waals surface area contributed by atoms with E-state index in [0.717, 1.165) is 21.9 Å². The Bertz CT molecular complexity index is 295. The molecule has 2 nitrogen and oxygen atoms in total. The molecule has 0 radical (unpaired) electrons. The van der Waals surface area contributed by atoms with Gasteiger partial charge in [-0.1, -0.05) is 11.6 Å². The SMILES string of the molecule is CC(CNCc1cc(Br)c(Cl)s1)N(C)C. The van der Waals surface area contributed by atoms with Crippen molar-refractivity contribution in [1.29, 1.82) is 0 Å². The van der Waals surface area contributed by atoms with Gasteiger partial charge in [0, 0.05) is 28.5 Å². The molecule has 0 saturated heterocycles. The number of hydrogen-bond donors (Lipinski definition) is 1. The van der Waals surface area contributed by atoms with Crippen molar-refractivity contribution in [3.05, 3.63) is 19.8 Å². The van der Waals surface area contributed by atoms with Crippen LogP contribution in [0.3, 0.4) is 0 Å². The predicted molar refractivity (Wildman–Crippen MR) is 71.9 cm³/mol. The van der Waals surface area contributed by atoms with Gasteiger partial charge in [0.2, 0.25) is 0 Å². The summed E-state index contributed by atoms with van der Waals surface area (Å²) >= 11 is 11.0. The van der Waals surface area contributed by atoms with Gasteiger partial charge in [0.25, 0.3) is 0 Å². The molecule has 0 bridgehead atoms. The molecule has 1 aromatic rings. The Labute approximate surface area is 109 Å². The maximum atomic E-state index is 5.96. The molecule has 0 aromatic carbocycles. The first-order chi connectivity index (χ1) is 7.00. The van der Waals surface area contributed by atoms with Gasteiger partial charge in [0.15, 0.2) is 0 Å². The van der Waals surface area contributed by atoms with Crippen LogP contribution < -0.4 is 5.32 Å². The van der Waals surface area contributed by atoms with Crippen LogP contribution >= 0.6 is 38.9 Å². The van der Waals surface area contributed by atoms with Gasteiger partial charge >= 0.3 is 0 Å². The average molecular weight is 312 g/mol. The Balaban J connectivity index is 2.32. The molecule has 5 heteroatoms.